The number of hydrogen-bond donors (Lipinski definition) is 1. The van der Waals surface area contributed by atoms with Crippen LogP contribution in [0.4, 0.5) is 5.69 Å². The normalized spacial score (nSPS) is 23.0. The van der Waals surface area contributed by atoms with E-state index < -0.39 is 21.6 Å². The van der Waals surface area contributed by atoms with Crippen molar-refractivity contribution >= 4 is 56.7 Å². The second kappa shape index (κ2) is 5.54. The van der Waals surface area contributed by atoms with Gasteiger partial charge in [0.2, 0.25) is 0 Å². The lowest BCUT2D eigenvalue weighted by Gasteiger charge is -2.11. The van der Waals surface area contributed by atoms with Gasteiger partial charge in [0.1, 0.15) is 9.75 Å². The predicted octanol–water partition coefficient (Wildman–Crippen LogP) is 3.51. The van der Waals surface area contributed by atoms with Crippen LogP contribution >= 0.6 is 39.1 Å². The lowest BCUT2D eigenvalue weighted by Crippen LogP contribution is -2.26. The van der Waals surface area contributed by atoms with Crippen molar-refractivity contribution in [2.24, 2.45) is 5.41 Å². The number of esters is 1. The Kier molecular flexibility index (Phi) is 4.33. The van der Waals surface area contributed by atoms with Gasteiger partial charge in [0, 0.05) is 16.6 Å². The van der Waals surface area contributed by atoms with E-state index in [2.05, 4.69) is 21.2 Å². The molecule has 0 bridgehead atoms. The highest BCUT2D eigenvalue weighted by Gasteiger charge is 2.69. The monoisotopic (exact) mass is 379 g/mol. The number of carbonyl (C=O) groups is 2. The third kappa shape index (κ3) is 3.27. The summed E-state index contributed by atoms with van der Waals surface area (Å²) in [6.07, 6.45) is 0.330. The number of anilines is 1. The van der Waals surface area contributed by atoms with Crippen LogP contribution in [-0.4, -0.2) is 22.8 Å². The number of hydrogen-bond acceptors (Lipinski definition) is 3. The summed E-state index contributed by atoms with van der Waals surface area (Å²) in [5.41, 5.74) is -0.301. The highest BCUT2D eigenvalue weighted by atomic mass is 79.9. The Morgan fingerprint density at radius 2 is 1.90 bits per heavy atom. The van der Waals surface area contributed by atoms with Crippen LogP contribution in [0.15, 0.2) is 28.7 Å². The molecule has 108 valence electrons. The Morgan fingerprint density at radius 3 is 2.40 bits per heavy atom. The van der Waals surface area contributed by atoms with Crippen LogP contribution in [0.5, 0.6) is 0 Å². The van der Waals surface area contributed by atoms with E-state index in [0.29, 0.717) is 12.1 Å². The highest BCUT2D eigenvalue weighted by molar-refractivity contribution is 9.10. The Balaban J connectivity index is 1.81. The fourth-order valence-electron chi connectivity index (χ4n) is 1.64. The number of nitrogens with one attached hydrogen (secondary N) is 1. The summed E-state index contributed by atoms with van der Waals surface area (Å²) >= 11 is 15.0. The maximum Gasteiger partial charge on any atom is 0.315 e. The summed E-state index contributed by atoms with van der Waals surface area (Å²) in [6.45, 7) is 1.25. The summed E-state index contributed by atoms with van der Waals surface area (Å²) in [6, 6.07) is 7.05. The van der Waals surface area contributed by atoms with Gasteiger partial charge >= 0.3 is 5.97 Å². The van der Waals surface area contributed by atoms with E-state index in [1.54, 1.807) is 31.2 Å². The maximum atomic E-state index is 11.8. The SMILES string of the molecule is CC1(C(=O)OCC(=O)Nc2ccc(Br)cc2)CC1(Cl)Cl. The molecule has 1 aromatic carbocycles. The summed E-state index contributed by atoms with van der Waals surface area (Å²) in [5.74, 6) is -0.979. The second-order valence-electron chi connectivity index (χ2n) is 4.84. The van der Waals surface area contributed by atoms with E-state index in [0.717, 1.165) is 4.47 Å². The van der Waals surface area contributed by atoms with Crippen molar-refractivity contribution < 1.29 is 14.3 Å². The van der Waals surface area contributed by atoms with Gasteiger partial charge in [0.15, 0.2) is 6.61 Å². The van der Waals surface area contributed by atoms with Crippen molar-refractivity contribution in [3.05, 3.63) is 28.7 Å². The molecule has 0 aromatic heterocycles. The van der Waals surface area contributed by atoms with Crippen LogP contribution in [0.25, 0.3) is 0 Å². The standard InChI is InChI=1S/C13H12BrCl2NO3/c1-12(7-13(12,15)16)11(19)20-6-10(18)17-9-4-2-8(14)3-5-9/h2-5H,6-7H2,1H3,(H,17,18). The average Bonchev–Trinajstić information content (AvgIpc) is 2.90. The van der Waals surface area contributed by atoms with E-state index in [4.69, 9.17) is 27.9 Å². The molecule has 1 aliphatic carbocycles. The Bertz CT molecular complexity index is 547. The van der Waals surface area contributed by atoms with Crippen LogP contribution in [0.2, 0.25) is 0 Å². The van der Waals surface area contributed by atoms with E-state index in [-0.39, 0.29) is 6.61 Å². The molecule has 0 radical (unpaired) electrons. The number of rotatable bonds is 4. The molecule has 1 aliphatic rings. The lowest BCUT2D eigenvalue weighted by molar-refractivity contribution is -0.152. The van der Waals surface area contributed by atoms with Gasteiger partial charge in [-0.2, -0.15) is 0 Å². The van der Waals surface area contributed by atoms with Gasteiger partial charge in [-0.25, -0.2) is 0 Å². The van der Waals surface area contributed by atoms with E-state index >= 15 is 0 Å². The highest BCUT2D eigenvalue weighted by Crippen LogP contribution is 2.64. The molecule has 0 saturated heterocycles. The second-order valence-corrected chi connectivity index (χ2v) is 7.24. The Labute approximate surface area is 134 Å². The van der Waals surface area contributed by atoms with Gasteiger partial charge in [0.05, 0.1) is 0 Å². The molecule has 0 heterocycles. The first-order valence-electron chi connectivity index (χ1n) is 5.85. The quantitative estimate of drug-likeness (QED) is 0.642. The predicted molar refractivity (Wildman–Crippen MR) is 80.9 cm³/mol. The van der Waals surface area contributed by atoms with Crippen molar-refractivity contribution in [1.82, 2.24) is 0 Å². The van der Waals surface area contributed by atoms with Crippen LogP contribution < -0.4 is 5.32 Å². The third-order valence-electron chi connectivity index (χ3n) is 3.17. The zero-order valence-electron chi connectivity index (χ0n) is 10.6. The van der Waals surface area contributed by atoms with Gasteiger partial charge in [-0.3, -0.25) is 9.59 Å². The van der Waals surface area contributed by atoms with Crippen molar-refractivity contribution in [2.45, 2.75) is 17.7 Å². The fourth-order valence-corrected chi connectivity index (χ4v) is 2.60. The van der Waals surface area contributed by atoms with Gasteiger partial charge in [-0.05, 0) is 31.2 Å². The van der Waals surface area contributed by atoms with Crippen LogP contribution in [0.3, 0.4) is 0 Å². The van der Waals surface area contributed by atoms with E-state index in [9.17, 15) is 9.59 Å². The number of ether oxygens (including phenoxy) is 1. The summed E-state index contributed by atoms with van der Waals surface area (Å²) in [5, 5.41) is 2.61. The van der Waals surface area contributed by atoms with Gasteiger partial charge in [-0.15, -0.1) is 23.2 Å². The molecule has 1 aromatic rings. The summed E-state index contributed by atoms with van der Waals surface area (Å²) in [4.78, 5) is 23.4. The number of benzene rings is 1. The first-order valence-corrected chi connectivity index (χ1v) is 7.40. The van der Waals surface area contributed by atoms with E-state index in [1.807, 2.05) is 0 Å². The smallest absolute Gasteiger partial charge is 0.315 e. The largest absolute Gasteiger partial charge is 0.455 e. The summed E-state index contributed by atoms with van der Waals surface area (Å²) in [7, 11) is 0. The van der Waals surface area contributed by atoms with Gasteiger partial charge in [-0.1, -0.05) is 15.9 Å². The molecular formula is C13H12BrCl2NO3. The number of halogens is 3. The molecule has 1 amide bonds. The third-order valence-corrected chi connectivity index (χ3v) is 4.80. The van der Waals surface area contributed by atoms with Crippen LogP contribution in [-0.2, 0) is 14.3 Å². The van der Waals surface area contributed by atoms with Crippen molar-refractivity contribution in [3.63, 3.8) is 0 Å². The summed E-state index contributed by atoms with van der Waals surface area (Å²) < 4.78 is 4.75. The Morgan fingerprint density at radius 1 is 1.35 bits per heavy atom. The zero-order valence-corrected chi connectivity index (χ0v) is 13.7. The first kappa shape index (κ1) is 15.6. The fraction of sp³-hybridized carbons (Fsp3) is 0.385. The minimum absolute atomic E-state index is 0.330. The molecule has 7 heteroatoms. The van der Waals surface area contributed by atoms with Crippen molar-refractivity contribution in [2.75, 3.05) is 11.9 Å². The molecule has 4 nitrogen and oxygen atoms in total. The number of alkyl halides is 2. The topological polar surface area (TPSA) is 55.4 Å². The number of amides is 1. The van der Waals surface area contributed by atoms with Crippen molar-refractivity contribution in [3.8, 4) is 0 Å². The van der Waals surface area contributed by atoms with Crippen molar-refractivity contribution in [1.29, 1.82) is 0 Å². The average molecular weight is 381 g/mol. The molecule has 2 rings (SSSR count). The molecular weight excluding hydrogens is 369 g/mol. The number of carbonyl (C=O) groups excluding carboxylic acids is 2. The molecule has 1 N–H and O–H groups in total. The van der Waals surface area contributed by atoms with Crippen LogP contribution in [0, 0.1) is 5.41 Å². The van der Waals surface area contributed by atoms with Gasteiger partial charge < -0.3 is 10.1 Å². The zero-order chi connectivity index (χ0) is 15.0. The molecule has 1 saturated carbocycles. The lowest BCUT2D eigenvalue weighted by atomic mass is 10.1. The van der Waals surface area contributed by atoms with Gasteiger partial charge in [0.25, 0.3) is 5.91 Å². The van der Waals surface area contributed by atoms with E-state index in [1.165, 1.54) is 0 Å². The Hall–Kier alpha value is -0.780. The minimum Gasteiger partial charge on any atom is -0.455 e. The molecule has 0 aliphatic heterocycles. The molecule has 1 fully saturated rings. The molecule has 0 spiro atoms. The first-order chi connectivity index (χ1) is 9.24. The molecule has 20 heavy (non-hydrogen) atoms. The molecule has 1 atom stereocenters. The minimum atomic E-state index is -1.09. The van der Waals surface area contributed by atoms with Crippen LogP contribution in [0.1, 0.15) is 13.3 Å². The molecule has 1 unspecified atom stereocenters. The maximum absolute atomic E-state index is 11.8.